The van der Waals surface area contributed by atoms with Gasteiger partial charge in [-0.25, -0.2) is 9.97 Å². The Bertz CT molecular complexity index is 676. The minimum absolute atomic E-state index is 0.0687. The monoisotopic (exact) mass is 298 g/mol. The fourth-order valence-electron chi connectivity index (χ4n) is 1.91. The average Bonchev–Trinajstić information content (AvgIpc) is 2.46. The van der Waals surface area contributed by atoms with E-state index in [0.29, 0.717) is 17.7 Å². The van der Waals surface area contributed by atoms with E-state index >= 15 is 0 Å². The fraction of sp³-hybridized carbons (Fsp3) is 0.250. The number of carbonyl (C=O) groups is 2. The average molecular weight is 298 g/mol. The largest absolute Gasteiger partial charge is 0.326 e. The zero-order chi connectivity index (χ0) is 16.1. The molecule has 0 unspecified atom stereocenters. The summed E-state index contributed by atoms with van der Waals surface area (Å²) in [6.45, 7) is 5.46. The highest BCUT2D eigenvalue weighted by molar-refractivity contribution is 6.03. The van der Waals surface area contributed by atoms with Crippen LogP contribution in [0.3, 0.4) is 0 Å². The maximum atomic E-state index is 12.1. The van der Waals surface area contributed by atoms with Gasteiger partial charge in [-0.3, -0.25) is 14.9 Å². The van der Waals surface area contributed by atoms with Gasteiger partial charge in [0.05, 0.1) is 0 Å². The van der Waals surface area contributed by atoms with Gasteiger partial charge < -0.3 is 5.32 Å². The molecule has 2 rings (SSSR count). The lowest BCUT2D eigenvalue weighted by Gasteiger charge is -2.07. The predicted molar refractivity (Wildman–Crippen MR) is 84.8 cm³/mol. The molecule has 2 N–H and O–H groups in total. The first-order chi connectivity index (χ1) is 10.5. The molecule has 0 aliphatic carbocycles. The number of anilines is 2. The van der Waals surface area contributed by atoms with Crippen molar-refractivity contribution < 1.29 is 9.59 Å². The van der Waals surface area contributed by atoms with Gasteiger partial charge in [-0.1, -0.05) is 6.92 Å². The Hall–Kier alpha value is -2.76. The van der Waals surface area contributed by atoms with Gasteiger partial charge in [0.2, 0.25) is 11.9 Å². The van der Waals surface area contributed by atoms with E-state index in [2.05, 4.69) is 20.6 Å². The third-order valence-corrected chi connectivity index (χ3v) is 2.96. The van der Waals surface area contributed by atoms with Crippen LogP contribution in [0.2, 0.25) is 0 Å². The molecular formula is C16H18N4O2. The van der Waals surface area contributed by atoms with E-state index in [9.17, 15) is 9.59 Å². The fourth-order valence-corrected chi connectivity index (χ4v) is 1.91. The van der Waals surface area contributed by atoms with Crippen LogP contribution in [-0.2, 0) is 4.79 Å². The van der Waals surface area contributed by atoms with Crippen LogP contribution < -0.4 is 10.6 Å². The van der Waals surface area contributed by atoms with E-state index in [1.165, 1.54) is 0 Å². The van der Waals surface area contributed by atoms with Gasteiger partial charge in [-0.2, -0.15) is 0 Å². The SMILES string of the molecule is CCC(=O)Nc1ccc(C(=O)Nc2nc(C)cc(C)n2)cc1. The maximum absolute atomic E-state index is 12.1. The van der Waals surface area contributed by atoms with E-state index in [0.717, 1.165) is 11.4 Å². The van der Waals surface area contributed by atoms with E-state index in [4.69, 9.17) is 0 Å². The van der Waals surface area contributed by atoms with Crippen molar-refractivity contribution in [3.05, 3.63) is 47.3 Å². The second-order valence-corrected chi connectivity index (χ2v) is 4.91. The third kappa shape index (κ3) is 4.12. The summed E-state index contributed by atoms with van der Waals surface area (Å²) < 4.78 is 0. The third-order valence-electron chi connectivity index (χ3n) is 2.96. The Morgan fingerprint density at radius 2 is 1.59 bits per heavy atom. The van der Waals surface area contributed by atoms with Crippen LogP contribution in [0.4, 0.5) is 11.6 Å². The number of amides is 2. The van der Waals surface area contributed by atoms with Gasteiger partial charge in [0.1, 0.15) is 0 Å². The smallest absolute Gasteiger partial charge is 0.258 e. The second kappa shape index (κ2) is 6.80. The summed E-state index contributed by atoms with van der Waals surface area (Å²) in [5, 5.41) is 5.39. The lowest BCUT2D eigenvalue weighted by atomic mass is 10.2. The Balaban J connectivity index is 2.08. The highest BCUT2D eigenvalue weighted by Gasteiger charge is 2.09. The zero-order valence-electron chi connectivity index (χ0n) is 12.8. The van der Waals surface area contributed by atoms with Crippen LogP contribution in [0.25, 0.3) is 0 Å². The molecule has 1 aromatic heterocycles. The number of hydrogen-bond donors (Lipinski definition) is 2. The number of hydrogen-bond acceptors (Lipinski definition) is 4. The topological polar surface area (TPSA) is 84.0 Å². The second-order valence-electron chi connectivity index (χ2n) is 4.91. The van der Waals surface area contributed by atoms with Gasteiger partial charge in [0.25, 0.3) is 5.91 Å². The first-order valence-electron chi connectivity index (χ1n) is 7.01. The molecule has 0 spiro atoms. The zero-order valence-corrected chi connectivity index (χ0v) is 12.8. The standard InChI is InChI=1S/C16H18N4O2/c1-4-14(21)19-13-7-5-12(6-8-13)15(22)20-16-17-10(2)9-11(3)18-16/h5-9H,4H2,1-3H3,(H,19,21)(H,17,18,20,22). The highest BCUT2D eigenvalue weighted by atomic mass is 16.2. The van der Waals surface area contributed by atoms with Gasteiger partial charge in [-0.15, -0.1) is 0 Å². The van der Waals surface area contributed by atoms with Crippen LogP contribution >= 0.6 is 0 Å². The molecular weight excluding hydrogens is 280 g/mol. The summed E-state index contributed by atoms with van der Waals surface area (Å²) in [6, 6.07) is 8.49. The van der Waals surface area contributed by atoms with Crippen molar-refractivity contribution >= 4 is 23.5 Å². The number of aryl methyl sites for hydroxylation is 2. The first kappa shape index (κ1) is 15.6. The maximum Gasteiger partial charge on any atom is 0.258 e. The van der Waals surface area contributed by atoms with Crippen molar-refractivity contribution in [2.75, 3.05) is 10.6 Å². The summed E-state index contributed by atoms with van der Waals surface area (Å²) in [4.78, 5) is 31.8. The number of nitrogens with one attached hydrogen (secondary N) is 2. The molecule has 1 heterocycles. The Kier molecular flexibility index (Phi) is 4.83. The van der Waals surface area contributed by atoms with Gasteiger partial charge in [-0.05, 0) is 44.2 Å². The van der Waals surface area contributed by atoms with Crippen molar-refractivity contribution in [2.45, 2.75) is 27.2 Å². The van der Waals surface area contributed by atoms with Crippen LogP contribution in [0.1, 0.15) is 35.1 Å². The van der Waals surface area contributed by atoms with Gasteiger partial charge >= 0.3 is 0 Å². The molecule has 0 aliphatic heterocycles. The molecule has 2 aromatic rings. The van der Waals surface area contributed by atoms with Crippen LogP contribution in [-0.4, -0.2) is 21.8 Å². The molecule has 0 fully saturated rings. The molecule has 0 saturated heterocycles. The summed E-state index contributed by atoms with van der Waals surface area (Å²) in [6.07, 6.45) is 0.409. The molecule has 6 heteroatoms. The molecule has 0 aliphatic rings. The number of benzene rings is 1. The van der Waals surface area contributed by atoms with Crippen LogP contribution in [0.5, 0.6) is 0 Å². The molecule has 0 atom stereocenters. The minimum Gasteiger partial charge on any atom is -0.326 e. The quantitative estimate of drug-likeness (QED) is 0.909. The molecule has 2 amide bonds. The number of rotatable bonds is 4. The highest BCUT2D eigenvalue weighted by Crippen LogP contribution is 2.12. The lowest BCUT2D eigenvalue weighted by molar-refractivity contribution is -0.115. The Morgan fingerprint density at radius 1 is 1.00 bits per heavy atom. The minimum atomic E-state index is -0.293. The lowest BCUT2D eigenvalue weighted by Crippen LogP contribution is -2.15. The van der Waals surface area contributed by atoms with Crippen LogP contribution in [0, 0.1) is 13.8 Å². The Morgan fingerprint density at radius 3 is 2.14 bits per heavy atom. The molecule has 22 heavy (non-hydrogen) atoms. The summed E-state index contributed by atoms with van der Waals surface area (Å²) in [5.74, 6) is -0.0786. The van der Waals surface area contributed by atoms with E-state index in [1.54, 1.807) is 31.2 Å². The first-order valence-corrected chi connectivity index (χ1v) is 7.01. The molecule has 1 aromatic carbocycles. The number of nitrogens with zero attached hydrogens (tertiary/aromatic N) is 2. The van der Waals surface area contributed by atoms with E-state index < -0.39 is 0 Å². The van der Waals surface area contributed by atoms with E-state index in [-0.39, 0.29) is 17.8 Å². The van der Waals surface area contributed by atoms with Crippen LogP contribution in [0.15, 0.2) is 30.3 Å². The summed E-state index contributed by atoms with van der Waals surface area (Å²) in [7, 11) is 0. The van der Waals surface area contributed by atoms with Gasteiger partial charge in [0.15, 0.2) is 0 Å². The van der Waals surface area contributed by atoms with Crippen molar-refractivity contribution in [2.24, 2.45) is 0 Å². The normalized spacial score (nSPS) is 10.1. The molecule has 0 bridgehead atoms. The number of carbonyl (C=O) groups excluding carboxylic acids is 2. The molecule has 0 radical (unpaired) electrons. The van der Waals surface area contributed by atoms with Crippen molar-refractivity contribution in [3.8, 4) is 0 Å². The number of aromatic nitrogens is 2. The van der Waals surface area contributed by atoms with Gasteiger partial charge in [0, 0.05) is 29.1 Å². The van der Waals surface area contributed by atoms with Crippen molar-refractivity contribution in [1.82, 2.24) is 9.97 Å². The van der Waals surface area contributed by atoms with E-state index in [1.807, 2.05) is 19.9 Å². The predicted octanol–water partition coefficient (Wildman–Crippen LogP) is 2.69. The molecule has 6 nitrogen and oxygen atoms in total. The Labute approximate surface area is 129 Å². The molecule has 0 saturated carbocycles. The molecule has 114 valence electrons. The van der Waals surface area contributed by atoms with Crippen molar-refractivity contribution in [3.63, 3.8) is 0 Å². The van der Waals surface area contributed by atoms with Crippen molar-refractivity contribution in [1.29, 1.82) is 0 Å². The summed E-state index contributed by atoms with van der Waals surface area (Å²) in [5.41, 5.74) is 2.71. The summed E-state index contributed by atoms with van der Waals surface area (Å²) >= 11 is 0.